The molecular weight excluding hydrogens is 198 g/mol. The Hall–Kier alpha value is -0.730. The Labute approximate surface area is 100 Å². The highest BCUT2D eigenvalue weighted by Crippen LogP contribution is 2.25. The first-order chi connectivity index (χ1) is 7.50. The lowest BCUT2D eigenvalue weighted by Gasteiger charge is -2.39. The van der Waals surface area contributed by atoms with Crippen molar-refractivity contribution in [2.45, 2.75) is 72.0 Å². The number of hydrazone groups is 1. The van der Waals surface area contributed by atoms with E-state index in [1.54, 1.807) is 0 Å². The second-order valence-electron chi connectivity index (χ2n) is 5.59. The van der Waals surface area contributed by atoms with E-state index in [-0.39, 0.29) is 5.54 Å². The summed E-state index contributed by atoms with van der Waals surface area (Å²) in [6, 6.07) is 0. The number of hydrogen-bond donors (Lipinski definition) is 0. The molecule has 0 aliphatic carbocycles. The molecule has 0 fully saturated rings. The third-order valence-corrected chi connectivity index (χ3v) is 3.05. The lowest BCUT2D eigenvalue weighted by atomic mass is 10.0. The van der Waals surface area contributed by atoms with Crippen LogP contribution in [0.3, 0.4) is 0 Å². The van der Waals surface area contributed by atoms with Gasteiger partial charge in [0.2, 0.25) is 0 Å². The third-order valence-electron chi connectivity index (χ3n) is 3.05. The number of rotatable bonds is 5. The van der Waals surface area contributed by atoms with Crippen LogP contribution < -0.4 is 0 Å². The van der Waals surface area contributed by atoms with E-state index in [4.69, 9.17) is 0 Å². The van der Waals surface area contributed by atoms with Crippen molar-refractivity contribution in [1.29, 1.82) is 0 Å². The predicted molar refractivity (Wildman–Crippen MR) is 70.4 cm³/mol. The van der Waals surface area contributed by atoms with Gasteiger partial charge >= 0.3 is 0 Å². The van der Waals surface area contributed by atoms with Gasteiger partial charge in [-0.05, 0) is 33.6 Å². The second-order valence-corrected chi connectivity index (χ2v) is 5.59. The molecule has 0 saturated carbocycles. The lowest BCUT2D eigenvalue weighted by molar-refractivity contribution is 0.0676. The maximum atomic E-state index is 4.56. The summed E-state index contributed by atoms with van der Waals surface area (Å²) >= 11 is 0. The van der Waals surface area contributed by atoms with Gasteiger partial charge in [-0.25, -0.2) is 0 Å². The molecule has 1 heterocycles. The molecule has 3 nitrogen and oxygen atoms in total. The zero-order valence-corrected chi connectivity index (χ0v) is 11.5. The fourth-order valence-electron chi connectivity index (χ4n) is 2.11. The van der Waals surface area contributed by atoms with Crippen molar-refractivity contribution in [3.8, 4) is 0 Å². The Bertz CT molecular complexity index is 230. The SMILES string of the molecule is CCCCN1N=CN(C(C)(C)C)C1CCC. The van der Waals surface area contributed by atoms with Crippen LogP contribution >= 0.6 is 0 Å². The molecule has 0 N–H and O–H groups in total. The van der Waals surface area contributed by atoms with Gasteiger partial charge in [0.05, 0.1) is 0 Å². The first kappa shape index (κ1) is 13.3. The number of unbranched alkanes of at least 4 members (excludes halogenated alkanes) is 1. The van der Waals surface area contributed by atoms with E-state index >= 15 is 0 Å². The Morgan fingerprint density at radius 3 is 2.38 bits per heavy atom. The Kier molecular flexibility index (Phi) is 4.63. The van der Waals surface area contributed by atoms with Crippen LogP contribution in [0.5, 0.6) is 0 Å². The van der Waals surface area contributed by atoms with Crippen molar-refractivity contribution in [1.82, 2.24) is 9.91 Å². The van der Waals surface area contributed by atoms with E-state index in [0.717, 1.165) is 6.54 Å². The molecule has 0 radical (unpaired) electrons. The highest BCUT2D eigenvalue weighted by atomic mass is 15.6. The molecule has 0 saturated heterocycles. The Morgan fingerprint density at radius 2 is 1.88 bits per heavy atom. The molecule has 0 bridgehead atoms. The maximum Gasteiger partial charge on any atom is 0.119 e. The summed E-state index contributed by atoms with van der Waals surface area (Å²) < 4.78 is 0. The van der Waals surface area contributed by atoms with Crippen molar-refractivity contribution >= 4 is 6.34 Å². The Balaban J connectivity index is 2.65. The van der Waals surface area contributed by atoms with Gasteiger partial charge in [-0.2, -0.15) is 5.10 Å². The summed E-state index contributed by atoms with van der Waals surface area (Å²) in [6.45, 7) is 12.3. The molecule has 16 heavy (non-hydrogen) atoms. The van der Waals surface area contributed by atoms with Crippen molar-refractivity contribution in [2.24, 2.45) is 5.10 Å². The molecule has 1 rings (SSSR count). The molecule has 0 spiro atoms. The highest BCUT2D eigenvalue weighted by Gasteiger charge is 2.33. The highest BCUT2D eigenvalue weighted by molar-refractivity contribution is 5.58. The van der Waals surface area contributed by atoms with Crippen LogP contribution in [0.2, 0.25) is 0 Å². The first-order valence-corrected chi connectivity index (χ1v) is 6.60. The van der Waals surface area contributed by atoms with Gasteiger partial charge in [0.15, 0.2) is 0 Å². The van der Waals surface area contributed by atoms with Crippen molar-refractivity contribution in [3.63, 3.8) is 0 Å². The van der Waals surface area contributed by atoms with Gasteiger partial charge in [-0.1, -0.05) is 26.7 Å². The van der Waals surface area contributed by atoms with Crippen LogP contribution in [0.1, 0.15) is 60.3 Å². The van der Waals surface area contributed by atoms with Crippen molar-refractivity contribution in [2.75, 3.05) is 6.54 Å². The first-order valence-electron chi connectivity index (χ1n) is 6.60. The molecule has 0 aromatic heterocycles. The minimum atomic E-state index is 0.171. The molecule has 1 atom stereocenters. The third kappa shape index (κ3) is 3.13. The van der Waals surface area contributed by atoms with E-state index < -0.39 is 0 Å². The monoisotopic (exact) mass is 225 g/mol. The topological polar surface area (TPSA) is 18.8 Å². The molecule has 0 amide bonds. The summed E-state index contributed by atoms with van der Waals surface area (Å²) in [4.78, 5) is 2.40. The molecule has 1 aliphatic rings. The second kappa shape index (κ2) is 5.55. The lowest BCUT2D eigenvalue weighted by Crippen LogP contribution is -2.49. The molecule has 1 aliphatic heterocycles. The summed E-state index contributed by atoms with van der Waals surface area (Å²) in [7, 11) is 0. The standard InChI is InChI=1S/C13H27N3/c1-6-8-10-16-12(9-7-2)15(11-14-16)13(3,4)5/h11-12H,6-10H2,1-5H3. The number of hydrogen-bond acceptors (Lipinski definition) is 3. The average Bonchev–Trinajstić information content (AvgIpc) is 2.58. The zero-order chi connectivity index (χ0) is 12.2. The van der Waals surface area contributed by atoms with E-state index in [1.165, 1.54) is 25.7 Å². The quantitative estimate of drug-likeness (QED) is 0.715. The van der Waals surface area contributed by atoms with E-state index in [1.807, 2.05) is 6.34 Å². The summed E-state index contributed by atoms with van der Waals surface area (Å²) in [5.41, 5.74) is 0.171. The fraction of sp³-hybridized carbons (Fsp3) is 0.923. The fourth-order valence-corrected chi connectivity index (χ4v) is 2.11. The zero-order valence-electron chi connectivity index (χ0n) is 11.5. The van der Waals surface area contributed by atoms with Gasteiger partial charge < -0.3 is 4.90 Å². The molecule has 94 valence electrons. The number of nitrogens with zero attached hydrogens (tertiary/aromatic N) is 3. The molecule has 0 aromatic rings. The molecule has 3 heteroatoms. The summed E-state index contributed by atoms with van der Waals surface area (Å²) in [5, 5.41) is 6.82. The molecule has 1 unspecified atom stereocenters. The van der Waals surface area contributed by atoms with Crippen LogP contribution in [-0.4, -0.2) is 34.5 Å². The van der Waals surface area contributed by atoms with Gasteiger partial charge in [-0.15, -0.1) is 0 Å². The van der Waals surface area contributed by atoms with Crippen LogP contribution in [0, 0.1) is 0 Å². The van der Waals surface area contributed by atoms with Crippen molar-refractivity contribution < 1.29 is 0 Å². The van der Waals surface area contributed by atoms with Gasteiger partial charge in [-0.3, -0.25) is 5.01 Å². The Morgan fingerprint density at radius 1 is 1.19 bits per heavy atom. The van der Waals surface area contributed by atoms with E-state index in [9.17, 15) is 0 Å². The van der Waals surface area contributed by atoms with Crippen LogP contribution in [0.4, 0.5) is 0 Å². The largest absolute Gasteiger partial charge is 0.335 e. The van der Waals surface area contributed by atoms with Crippen LogP contribution in [0.15, 0.2) is 5.10 Å². The van der Waals surface area contributed by atoms with E-state index in [2.05, 4.69) is 49.6 Å². The van der Waals surface area contributed by atoms with Gasteiger partial charge in [0.1, 0.15) is 12.5 Å². The molecule has 0 aromatic carbocycles. The summed E-state index contributed by atoms with van der Waals surface area (Å²) in [5.74, 6) is 0. The minimum absolute atomic E-state index is 0.171. The summed E-state index contributed by atoms with van der Waals surface area (Å²) in [6.07, 6.45) is 7.37. The van der Waals surface area contributed by atoms with Crippen LogP contribution in [-0.2, 0) is 0 Å². The average molecular weight is 225 g/mol. The predicted octanol–water partition coefficient (Wildman–Crippen LogP) is 3.27. The molecular formula is C13H27N3. The van der Waals surface area contributed by atoms with Crippen LogP contribution in [0.25, 0.3) is 0 Å². The smallest absolute Gasteiger partial charge is 0.119 e. The normalized spacial score (nSPS) is 20.9. The minimum Gasteiger partial charge on any atom is -0.335 e. The maximum absolute atomic E-state index is 4.56. The van der Waals surface area contributed by atoms with Crippen molar-refractivity contribution in [3.05, 3.63) is 0 Å². The van der Waals surface area contributed by atoms with E-state index in [0.29, 0.717) is 6.17 Å². The van der Waals surface area contributed by atoms with Gasteiger partial charge in [0, 0.05) is 12.1 Å². The van der Waals surface area contributed by atoms with Gasteiger partial charge in [0.25, 0.3) is 0 Å².